The lowest BCUT2D eigenvalue weighted by Gasteiger charge is -2.30. The predicted octanol–water partition coefficient (Wildman–Crippen LogP) is 1.28. The normalized spacial score (nSPS) is 21.0. The van der Waals surface area contributed by atoms with Crippen molar-refractivity contribution >= 4 is 22.0 Å². The van der Waals surface area contributed by atoms with Gasteiger partial charge in [-0.05, 0) is 30.7 Å². The lowest BCUT2D eigenvalue weighted by Crippen LogP contribution is -2.49. The van der Waals surface area contributed by atoms with Crippen LogP contribution in [0.1, 0.15) is 13.3 Å². The summed E-state index contributed by atoms with van der Waals surface area (Å²) in [6.07, 6.45) is 3.59. The van der Waals surface area contributed by atoms with Crippen LogP contribution in [0.15, 0.2) is 41.3 Å². The van der Waals surface area contributed by atoms with E-state index in [1.54, 1.807) is 12.2 Å². The summed E-state index contributed by atoms with van der Waals surface area (Å²) in [6.45, 7) is 0.960. The van der Waals surface area contributed by atoms with E-state index in [1.165, 1.54) is 38.3 Å². The molecule has 0 radical (unpaired) electrons. The van der Waals surface area contributed by atoms with Gasteiger partial charge >= 0.3 is 11.9 Å². The molecule has 0 aliphatic carbocycles. The number of allylic oxidation sites excluding steroid dienone is 1. The molecule has 1 N–H and O–H groups in total. The largest absolute Gasteiger partial charge is 0.497 e. The number of hydrogen-bond donors (Lipinski definition) is 1. The maximum atomic E-state index is 13.0. The summed E-state index contributed by atoms with van der Waals surface area (Å²) in [5.74, 6) is -2.04. The fourth-order valence-electron chi connectivity index (χ4n) is 2.77. The lowest BCUT2D eigenvalue weighted by atomic mass is 9.98. The molecule has 2 unspecified atom stereocenters. The highest BCUT2D eigenvalue weighted by atomic mass is 32.2. The Morgan fingerprint density at radius 2 is 1.88 bits per heavy atom. The van der Waals surface area contributed by atoms with Gasteiger partial charge in [-0.25, -0.2) is 8.42 Å². The van der Waals surface area contributed by atoms with Gasteiger partial charge in [0.15, 0.2) is 0 Å². The van der Waals surface area contributed by atoms with E-state index in [4.69, 9.17) is 9.47 Å². The minimum atomic E-state index is -4.07. The molecule has 0 saturated carbocycles. The Morgan fingerprint density at radius 1 is 1.23 bits per heavy atom. The van der Waals surface area contributed by atoms with Crippen LogP contribution >= 0.6 is 0 Å². The zero-order valence-electron chi connectivity index (χ0n) is 14.5. The third-order valence-electron chi connectivity index (χ3n) is 4.07. The molecule has 0 spiro atoms. The summed E-state index contributed by atoms with van der Waals surface area (Å²) in [7, 11) is -2.61. The first-order valence-corrected chi connectivity index (χ1v) is 9.38. The third kappa shape index (κ3) is 4.41. The van der Waals surface area contributed by atoms with Crippen LogP contribution in [0.3, 0.4) is 0 Å². The lowest BCUT2D eigenvalue weighted by molar-refractivity contribution is -0.149. The van der Waals surface area contributed by atoms with E-state index in [0.29, 0.717) is 12.2 Å². The Hall–Kier alpha value is -2.39. The van der Waals surface area contributed by atoms with Gasteiger partial charge in [0, 0.05) is 19.4 Å². The maximum absolute atomic E-state index is 13.0. The average Bonchev–Trinajstić information content (AvgIpc) is 2.83. The van der Waals surface area contributed by atoms with E-state index in [0.717, 1.165) is 4.31 Å². The van der Waals surface area contributed by atoms with Crippen LogP contribution in [-0.2, 0) is 24.3 Å². The first kappa shape index (κ1) is 19.9. The SMILES string of the molecule is COc1ccc(S(=O)(=O)N2CC=CCC(COC(C)=O)C2C(=O)O)cc1. The second-order valence-electron chi connectivity index (χ2n) is 5.80. The van der Waals surface area contributed by atoms with E-state index in [-0.39, 0.29) is 18.0 Å². The molecule has 1 aliphatic heterocycles. The molecule has 1 heterocycles. The van der Waals surface area contributed by atoms with Crippen molar-refractivity contribution in [2.45, 2.75) is 24.3 Å². The summed E-state index contributed by atoms with van der Waals surface area (Å²) in [6, 6.07) is 4.36. The first-order chi connectivity index (χ1) is 12.3. The van der Waals surface area contributed by atoms with Crippen LogP contribution < -0.4 is 4.74 Å². The van der Waals surface area contributed by atoms with Crippen LogP contribution in [0.5, 0.6) is 5.75 Å². The zero-order chi connectivity index (χ0) is 19.3. The second kappa shape index (κ2) is 8.33. The minimum absolute atomic E-state index is 0.0360. The molecule has 9 heteroatoms. The van der Waals surface area contributed by atoms with Gasteiger partial charge in [0.1, 0.15) is 11.8 Å². The Kier molecular flexibility index (Phi) is 6.38. The number of hydrogen-bond acceptors (Lipinski definition) is 6. The Morgan fingerprint density at radius 3 is 2.42 bits per heavy atom. The molecule has 1 aromatic rings. The quantitative estimate of drug-likeness (QED) is 0.582. The van der Waals surface area contributed by atoms with Crippen LogP contribution in [0, 0.1) is 5.92 Å². The van der Waals surface area contributed by atoms with Gasteiger partial charge in [0.25, 0.3) is 0 Å². The van der Waals surface area contributed by atoms with Gasteiger partial charge in [0.2, 0.25) is 10.0 Å². The standard InChI is InChI=1S/C17H21NO7S/c1-12(19)25-11-13-5-3-4-10-18(16(13)17(20)21)26(22,23)15-8-6-14(24-2)7-9-15/h3-4,6-9,13,16H,5,10-11H2,1-2H3,(H,20,21). The zero-order valence-corrected chi connectivity index (χ0v) is 15.3. The number of carboxylic acids is 1. The molecular formula is C17H21NO7S. The molecule has 8 nitrogen and oxygen atoms in total. The smallest absolute Gasteiger partial charge is 0.322 e. The average molecular weight is 383 g/mol. The summed E-state index contributed by atoms with van der Waals surface area (Å²) >= 11 is 0. The van der Waals surface area contributed by atoms with Crippen molar-refractivity contribution in [3.8, 4) is 5.75 Å². The highest BCUT2D eigenvalue weighted by Crippen LogP contribution is 2.28. The van der Waals surface area contributed by atoms with E-state index in [9.17, 15) is 23.1 Å². The molecule has 2 rings (SSSR count). The number of nitrogens with zero attached hydrogens (tertiary/aromatic N) is 1. The van der Waals surface area contributed by atoms with Crippen molar-refractivity contribution < 1.29 is 32.6 Å². The molecule has 2 atom stereocenters. The van der Waals surface area contributed by atoms with E-state index >= 15 is 0 Å². The van der Waals surface area contributed by atoms with Crippen LogP contribution in [-0.4, -0.2) is 56.1 Å². The molecule has 1 aliphatic rings. The molecule has 0 bridgehead atoms. The number of carboxylic acid groups (broad SMARTS) is 1. The van der Waals surface area contributed by atoms with E-state index < -0.39 is 33.9 Å². The molecule has 0 fully saturated rings. The van der Waals surface area contributed by atoms with Crippen LogP contribution in [0.25, 0.3) is 0 Å². The molecule has 26 heavy (non-hydrogen) atoms. The number of carbonyl (C=O) groups excluding carboxylic acids is 1. The number of rotatable bonds is 6. The van der Waals surface area contributed by atoms with Gasteiger partial charge < -0.3 is 14.6 Å². The van der Waals surface area contributed by atoms with Crippen LogP contribution in [0.4, 0.5) is 0 Å². The van der Waals surface area contributed by atoms with Crippen LogP contribution in [0.2, 0.25) is 0 Å². The summed E-state index contributed by atoms with van der Waals surface area (Å²) < 4.78 is 36.9. The minimum Gasteiger partial charge on any atom is -0.497 e. The van der Waals surface area contributed by atoms with Crippen molar-refractivity contribution in [1.82, 2.24) is 4.31 Å². The monoisotopic (exact) mass is 383 g/mol. The fraction of sp³-hybridized carbons (Fsp3) is 0.412. The topological polar surface area (TPSA) is 110 Å². The van der Waals surface area contributed by atoms with Crippen molar-refractivity contribution in [1.29, 1.82) is 0 Å². The first-order valence-electron chi connectivity index (χ1n) is 7.94. The van der Waals surface area contributed by atoms with Gasteiger partial charge in [-0.1, -0.05) is 12.2 Å². The molecule has 0 saturated heterocycles. The highest BCUT2D eigenvalue weighted by molar-refractivity contribution is 7.89. The molecule has 142 valence electrons. The van der Waals surface area contributed by atoms with Crippen molar-refractivity contribution in [2.24, 2.45) is 5.92 Å². The third-order valence-corrected chi connectivity index (χ3v) is 5.93. The summed E-state index contributed by atoms with van der Waals surface area (Å²) in [4.78, 5) is 22.9. The Bertz CT molecular complexity index is 786. The van der Waals surface area contributed by atoms with Crippen molar-refractivity contribution in [3.05, 3.63) is 36.4 Å². The van der Waals surface area contributed by atoms with Gasteiger partial charge in [-0.2, -0.15) is 4.31 Å². The Balaban J connectivity index is 2.39. The predicted molar refractivity (Wildman–Crippen MR) is 92.2 cm³/mol. The second-order valence-corrected chi connectivity index (χ2v) is 7.69. The number of esters is 1. The summed E-state index contributed by atoms with van der Waals surface area (Å²) in [5.41, 5.74) is 0. The number of methoxy groups -OCH3 is 1. The summed E-state index contributed by atoms with van der Waals surface area (Å²) in [5, 5.41) is 9.67. The molecule has 0 aromatic heterocycles. The van der Waals surface area contributed by atoms with Gasteiger partial charge in [0.05, 0.1) is 18.6 Å². The fourth-order valence-corrected chi connectivity index (χ4v) is 4.36. The number of carbonyl (C=O) groups is 2. The van der Waals surface area contributed by atoms with E-state index in [1.807, 2.05) is 0 Å². The molecule has 0 amide bonds. The Labute approximate surface area is 152 Å². The maximum Gasteiger partial charge on any atom is 0.322 e. The number of benzene rings is 1. The molecular weight excluding hydrogens is 362 g/mol. The van der Waals surface area contributed by atoms with Crippen molar-refractivity contribution in [2.75, 3.05) is 20.3 Å². The van der Waals surface area contributed by atoms with Gasteiger partial charge in [-0.15, -0.1) is 0 Å². The van der Waals surface area contributed by atoms with E-state index in [2.05, 4.69) is 0 Å². The van der Waals surface area contributed by atoms with Gasteiger partial charge in [-0.3, -0.25) is 9.59 Å². The number of ether oxygens (including phenoxy) is 2. The number of aliphatic carboxylic acids is 1. The molecule has 1 aromatic carbocycles. The van der Waals surface area contributed by atoms with Crippen molar-refractivity contribution in [3.63, 3.8) is 0 Å². The highest BCUT2D eigenvalue weighted by Gasteiger charge is 2.41. The number of sulfonamides is 1.